The predicted molar refractivity (Wildman–Crippen MR) is 120 cm³/mol. The summed E-state index contributed by atoms with van der Waals surface area (Å²) in [5, 5.41) is 6.31. The Balaban J connectivity index is 1.79. The minimum Gasteiger partial charge on any atom is -0.349 e. The van der Waals surface area contributed by atoms with Gasteiger partial charge in [-0.05, 0) is 69.0 Å². The number of carbonyl (C=O) groups is 1. The second-order valence-corrected chi connectivity index (χ2v) is 9.54. The lowest BCUT2D eigenvalue weighted by molar-refractivity contribution is -0.143. The van der Waals surface area contributed by atoms with Crippen molar-refractivity contribution in [2.75, 3.05) is 6.54 Å². The van der Waals surface area contributed by atoms with E-state index in [1.165, 1.54) is 6.07 Å². The first kappa shape index (κ1) is 25.6. The van der Waals surface area contributed by atoms with Gasteiger partial charge in [-0.1, -0.05) is 19.3 Å². The van der Waals surface area contributed by atoms with Gasteiger partial charge in [0, 0.05) is 30.0 Å². The first-order valence-corrected chi connectivity index (χ1v) is 12.0. The van der Waals surface area contributed by atoms with Crippen molar-refractivity contribution >= 4 is 5.91 Å². The standard InChI is InChI=1S/C25H29F6N3O/c1-15-21(23(35)33-19-6-3-2-4-7-19)13-22(34(15)14-20-8-5-9-32-20)16-10-17(24(26,27)28)12-18(11-16)25(29,30)31/h10-13,19-20,32H,2-9,14H2,1H3,(H,33,35). The van der Waals surface area contributed by atoms with E-state index < -0.39 is 23.5 Å². The van der Waals surface area contributed by atoms with E-state index in [0.29, 0.717) is 12.2 Å². The molecular formula is C25H29F6N3O. The number of halogens is 6. The number of nitrogens with zero attached hydrogens (tertiary/aromatic N) is 1. The number of amides is 1. The third-order valence-corrected chi connectivity index (χ3v) is 7.00. The van der Waals surface area contributed by atoms with Crippen molar-refractivity contribution in [2.45, 2.75) is 82.9 Å². The van der Waals surface area contributed by atoms with Gasteiger partial charge in [0.25, 0.3) is 5.91 Å². The summed E-state index contributed by atoms with van der Waals surface area (Å²) in [6.07, 6.45) is -3.30. The monoisotopic (exact) mass is 501 g/mol. The van der Waals surface area contributed by atoms with Gasteiger partial charge < -0.3 is 15.2 Å². The van der Waals surface area contributed by atoms with E-state index >= 15 is 0 Å². The largest absolute Gasteiger partial charge is 0.416 e. The van der Waals surface area contributed by atoms with Crippen LogP contribution in [0.1, 0.15) is 72.1 Å². The molecule has 2 heterocycles. The van der Waals surface area contributed by atoms with Crippen molar-refractivity contribution < 1.29 is 31.1 Å². The molecule has 10 heteroatoms. The zero-order valence-corrected chi connectivity index (χ0v) is 19.5. The lowest BCUT2D eigenvalue weighted by Crippen LogP contribution is -2.36. The van der Waals surface area contributed by atoms with Crippen LogP contribution in [0.25, 0.3) is 11.3 Å². The molecular weight excluding hydrogens is 472 g/mol. The molecule has 1 unspecified atom stereocenters. The molecule has 4 rings (SSSR count). The van der Waals surface area contributed by atoms with Crippen LogP contribution < -0.4 is 10.6 Å². The van der Waals surface area contributed by atoms with Crippen molar-refractivity contribution in [2.24, 2.45) is 0 Å². The number of hydrogen-bond acceptors (Lipinski definition) is 2. The summed E-state index contributed by atoms with van der Waals surface area (Å²) >= 11 is 0. The molecule has 35 heavy (non-hydrogen) atoms. The van der Waals surface area contributed by atoms with E-state index in [9.17, 15) is 31.1 Å². The molecule has 1 atom stereocenters. The third-order valence-electron chi connectivity index (χ3n) is 7.00. The Morgan fingerprint density at radius 3 is 2.11 bits per heavy atom. The van der Waals surface area contributed by atoms with Crippen molar-refractivity contribution in [3.05, 3.63) is 46.6 Å². The Labute approximate surface area is 200 Å². The minimum atomic E-state index is -4.95. The Morgan fingerprint density at radius 2 is 1.57 bits per heavy atom. The highest BCUT2D eigenvalue weighted by Gasteiger charge is 2.37. The molecule has 1 aliphatic carbocycles. The molecule has 0 radical (unpaired) electrons. The Kier molecular flexibility index (Phi) is 7.22. The Bertz CT molecular complexity index is 1030. The molecule has 2 aliphatic rings. The van der Waals surface area contributed by atoms with Crippen LogP contribution in [0.5, 0.6) is 0 Å². The van der Waals surface area contributed by atoms with E-state index in [-0.39, 0.29) is 40.9 Å². The fourth-order valence-corrected chi connectivity index (χ4v) is 5.10. The van der Waals surface area contributed by atoms with Crippen LogP contribution in [-0.2, 0) is 18.9 Å². The molecule has 2 N–H and O–H groups in total. The molecule has 2 aromatic rings. The van der Waals surface area contributed by atoms with Gasteiger partial charge in [0.15, 0.2) is 0 Å². The summed E-state index contributed by atoms with van der Waals surface area (Å²) in [4.78, 5) is 13.1. The fourth-order valence-electron chi connectivity index (χ4n) is 5.10. The average molecular weight is 502 g/mol. The number of hydrogen-bond donors (Lipinski definition) is 2. The summed E-state index contributed by atoms with van der Waals surface area (Å²) in [7, 11) is 0. The number of aromatic nitrogens is 1. The zero-order chi connectivity index (χ0) is 25.4. The van der Waals surface area contributed by atoms with Crippen LogP contribution >= 0.6 is 0 Å². The van der Waals surface area contributed by atoms with Crippen LogP contribution in [0.15, 0.2) is 24.3 Å². The predicted octanol–water partition coefficient (Wildman–Crippen LogP) is 6.32. The molecule has 1 aromatic heterocycles. The normalized spacial score (nSPS) is 19.8. The summed E-state index contributed by atoms with van der Waals surface area (Å²) < 4.78 is 82.7. The number of alkyl halides is 6. The maximum Gasteiger partial charge on any atom is 0.416 e. The van der Waals surface area contributed by atoms with E-state index in [0.717, 1.165) is 63.6 Å². The van der Waals surface area contributed by atoms with E-state index in [4.69, 9.17) is 0 Å². The molecule has 1 saturated carbocycles. The highest BCUT2D eigenvalue weighted by molar-refractivity contribution is 5.97. The van der Waals surface area contributed by atoms with E-state index in [1.807, 2.05) is 0 Å². The highest BCUT2D eigenvalue weighted by atomic mass is 19.4. The number of benzene rings is 1. The summed E-state index contributed by atoms with van der Waals surface area (Å²) in [6.45, 7) is 2.82. The molecule has 0 bridgehead atoms. The molecule has 192 valence electrons. The first-order chi connectivity index (χ1) is 16.4. The molecule has 4 nitrogen and oxygen atoms in total. The highest BCUT2D eigenvalue weighted by Crippen LogP contribution is 2.39. The van der Waals surface area contributed by atoms with Gasteiger partial charge in [-0.25, -0.2) is 0 Å². The summed E-state index contributed by atoms with van der Waals surface area (Å²) in [6, 6.07) is 3.04. The molecule has 1 aromatic carbocycles. The maximum absolute atomic E-state index is 13.5. The van der Waals surface area contributed by atoms with Crippen molar-refractivity contribution in [1.29, 1.82) is 0 Å². The first-order valence-electron chi connectivity index (χ1n) is 12.0. The molecule has 0 spiro atoms. The van der Waals surface area contributed by atoms with Crippen molar-refractivity contribution in [3.8, 4) is 11.3 Å². The van der Waals surface area contributed by atoms with Gasteiger partial charge in [-0.15, -0.1) is 0 Å². The van der Waals surface area contributed by atoms with Gasteiger partial charge in [0.1, 0.15) is 0 Å². The van der Waals surface area contributed by atoms with Crippen LogP contribution in [0.2, 0.25) is 0 Å². The van der Waals surface area contributed by atoms with Gasteiger partial charge in [-0.3, -0.25) is 4.79 Å². The van der Waals surface area contributed by atoms with E-state index in [1.54, 1.807) is 11.5 Å². The topological polar surface area (TPSA) is 46.1 Å². The number of rotatable bonds is 5. The van der Waals surface area contributed by atoms with Crippen LogP contribution in [0.3, 0.4) is 0 Å². The number of carbonyl (C=O) groups excluding carboxylic acids is 1. The van der Waals surface area contributed by atoms with Gasteiger partial charge in [0.05, 0.1) is 16.7 Å². The second kappa shape index (κ2) is 9.87. The van der Waals surface area contributed by atoms with Crippen molar-refractivity contribution in [1.82, 2.24) is 15.2 Å². The smallest absolute Gasteiger partial charge is 0.349 e. The minimum absolute atomic E-state index is 0.0157. The SMILES string of the molecule is Cc1c(C(=O)NC2CCCCC2)cc(-c2cc(C(F)(F)F)cc(C(F)(F)F)c2)n1CC1CCCN1. The Hall–Kier alpha value is -2.49. The number of nitrogens with one attached hydrogen (secondary N) is 2. The maximum atomic E-state index is 13.5. The third kappa shape index (κ3) is 5.85. The summed E-state index contributed by atoms with van der Waals surface area (Å²) in [5.74, 6) is -0.350. The van der Waals surface area contributed by atoms with Gasteiger partial charge in [-0.2, -0.15) is 26.3 Å². The zero-order valence-electron chi connectivity index (χ0n) is 19.5. The van der Waals surface area contributed by atoms with E-state index in [2.05, 4.69) is 10.6 Å². The quantitative estimate of drug-likeness (QED) is 0.472. The van der Waals surface area contributed by atoms with Crippen molar-refractivity contribution in [3.63, 3.8) is 0 Å². The van der Waals surface area contributed by atoms with Crippen LogP contribution in [-0.4, -0.2) is 29.1 Å². The second-order valence-electron chi connectivity index (χ2n) is 9.54. The average Bonchev–Trinajstić information content (AvgIpc) is 3.42. The molecule has 1 aliphatic heterocycles. The van der Waals surface area contributed by atoms with Gasteiger partial charge >= 0.3 is 12.4 Å². The molecule has 2 fully saturated rings. The molecule has 1 amide bonds. The lowest BCUT2D eigenvalue weighted by atomic mass is 9.95. The molecule has 1 saturated heterocycles. The Morgan fingerprint density at radius 1 is 0.943 bits per heavy atom. The summed E-state index contributed by atoms with van der Waals surface area (Å²) in [5.41, 5.74) is -2.01. The van der Waals surface area contributed by atoms with Crippen LogP contribution in [0.4, 0.5) is 26.3 Å². The fraction of sp³-hybridized carbons (Fsp3) is 0.560. The lowest BCUT2D eigenvalue weighted by Gasteiger charge is -2.22. The van der Waals surface area contributed by atoms with Crippen LogP contribution in [0, 0.1) is 6.92 Å². The van der Waals surface area contributed by atoms with Gasteiger partial charge in [0.2, 0.25) is 0 Å².